The maximum atomic E-state index is 4.96. The van der Waals surface area contributed by atoms with Gasteiger partial charge in [0.1, 0.15) is 5.82 Å². The van der Waals surface area contributed by atoms with Crippen LogP contribution in [0.4, 0.5) is 0 Å². The van der Waals surface area contributed by atoms with Gasteiger partial charge in [-0.05, 0) is 122 Å². The van der Waals surface area contributed by atoms with Crippen LogP contribution in [0.3, 0.4) is 0 Å². The molecule has 46 heavy (non-hydrogen) atoms. The van der Waals surface area contributed by atoms with Gasteiger partial charge in [-0.1, -0.05) is 107 Å². The van der Waals surface area contributed by atoms with Crippen molar-refractivity contribution in [3.05, 3.63) is 155 Å². The molecule has 0 atom stereocenters. The lowest BCUT2D eigenvalue weighted by Gasteiger charge is -2.24. The highest BCUT2D eigenvalue weighted by molar-refractivity contribution is 5.92. The smallest absolute Gasteiger partial charge is 0.111 e. The van der Waals surface area contributed by atoms with Crippen LogP contribution in [0.1, 0.15) is 55.8 Å². The van der Waals surface area contributed by atoms with Crippen LogP contribution >= 0.6 is 0 Å². The zero-order chi connectivity index (χ0) is 31.4. The van der Waals surface area contributed by atoms with Gasteiger partial charge in [0.2, 0.25) is 0 Å². The second-order valence-electron chi connectivity index (χ2n) is 14.1. The molecule has 0 N–H and O–H groups in total. The number of hydrogen-bond donors (Lipinski definition) is 0. The van der Waals surface area contributed by atoms with Crippen molar-refractivity contribution in [2.45, 2.75) is 45.4 Å². The summed E-state index contributed by atoms with van der Waals surface area (Å²) in [4.78, 5) is 4.96. The Hall–Kier alpha value is -5.21. The highest BCUT2D eigenvalue weighted by Crippen LogP contribution is 2.56. The first kappa shape index (κ1) is 27.1. The average Bonchev–Trinajstić information content (AvgIpc) is 3.61. The third kappa shape index (κ3) is 3.73. The second-order valence-corrected chi connectivity index (χ2v) is 14.1. The molecule has 9 rings (SSSR count). The Morgan fingerprint density at radius 1 is 0.457 bits per heavy atom. The van der Waals surface area contributed by atoms with Gasteiger partial charge in [0.25, 0.3) is 0 Å². The molecule has 7 aromatic rings. The molecular formula is C44H36N2. The van der Waals surface area contributed by atoms with E-state index in [1.54, 1.807) is 0 Å². The maximum Gasteiger partial charge on any atom is 0.111 e. The largest absolute Gasteiger partial charge is 0.297 e. The van der Waals surface area contributed by atoms with Crippen molar-refractivity contribution in [3.8, 4) is 50.2 Å². The van der Waals surface area contributed by atoms with E-state index >= 15 is 0 Å². The highest BCUT2D eigenvalue weighted by Gasteiger charge is 2.41. The molecule has 2 aliphatic rings. The number of aromatic nitrogens is 2. The van der Waals surface area contributed by atoms with Crippen molar-refractivity contribution in [2.24, 2.45) is 0 Å². The minimum absolute atomic E-state index is 0.0754. The number of fused-ring (bicyclic) bond motifs is 7. The SMILES string of the molecule is Cc1nc2cc(-c3ccc4c(c3)C(C)(C)c3cc5c(cc3-4)C(C)(C)c3cc(-c4ccccc4)ccc3-5)ccc2n1-c1ccccc1. The molecule has 0 aliphatic heterocycles. The normalized spacial score (nSPS) is 15.0. The van der Waals surface area contributed by atoms with Gasteiger partial charge in [-0.15, -0.1) is 0 Å². The van der Waals surface area contributed by atoms with Gasteiger partial charge in [0.15, 0.2) is 0 Å². The number of imidazole rings is 1. The third-order valence-electron chi connectivity index (χ3n) is 10.7. The molecule has 0 radical (unpaired) electrons. The number of nitrogens with zero attached hydrogens (tertiary/aromatic N) is 2. The van der Waals surface area contributed by atoms with Crippen molar-refractivity contribution in [1.82, 2.24) is 9.55 Å². The minimum atomic E-state index is -0.109. The molecule has 0 saturated carbocycles. The molecule has 0 spiro atoms. The zero-order valence-electron chi connectivity index (χ0n) is 27.0. The molecule has 2 aliphatic carbocycles. The molecule has 0 bridgehead atoms. The topological polar surface area (TPSA) is 17.8 Å². The first-order valence-corrected chi connectivity index (χ1v) is 16.3. The third-order valence-corrected chi connectivity index (χ3v) is 10.7. The van der Waals surface area contributed by atoms with E-state index in [-0.39, 0.29) is 10.8 Å². The number of benzene rings is 6. The summed E-state index contributed by atoms with van der Waals surface area (Å²) in [6.45, 7) is 11.6. The number of hydrogen-bond acceptors (Lipinski definition) is 1. The predicted molar refractivity (Wildman–Crippen MR) is 192 cm³/mol. The predicted octanol–water partition coefficient (Wildman–Crippen LogP) is 11.3. The van der Waals surface area contributed by atoms with Crippen LogP contribution in [-0.4, -0.2) is 9.55 Å². The molecule has 0 saturated heterocycles. The van der Waals surface area contributed by atoms with E-state index < -0.39 is 0 Å². The van der Waals surface area contributed by atoms with Gasteiger partial charge in [0.05, 0.1) is 11.0 Å². The van der Waals surface area contributed by atoms with Crippen LogP contribution in [0.15, 0.2) is 127 Å². The van der Waals surface area contributed by atoms with Gasteiger partial charge in [-0.25, -0.2) is 4.98 Å². The summed E-state index contributed by atoms with van der Waals surface area (Å²) < 4.78 is 2.24. The number of aryl methyl sites for hydroxylation is 1. The van der Waals surface area contributed by atoms with Crippen LogP contribution in [0, 0.1) is 6.92 Å². The zero-order valence-corrected chi connectivity index (χ0v) is 27.0. The Kier molecular flexibility index (Phi) is 5.55. The van der Waals surface area contributed by atoms with Crippen LogP contribution in [0.25, 0.3) is 61.2 Å². The summed E-state index contributed by atoms with van der Waals surface area (Å²) >= 11 is 0. The Bertz CT molecular complexity index is 2350. The fraction of sp³-hybridized carbons (Fsp3) is 0.159. The van der Waals surface area contributed by atoms with Crippen LogP contribution in [0.2, 0.25) is 0 Å². The lowest BCUT2D eigenvalue weighted by atomic mass is 9.79. The summed E-state index contributed by atoms with van der Waals surface area (Å²) in [5, 5.41) is 0. The molecule has 2 heteroatoms. The quantitative estimate of drug-likeness (QED) is 0.200. The molecule has 6 aromatic carbocycles. The van der Waals surface area contributed by atoms with Crippen molar-refractivity contribution in [3.63, 3.8) is 0 Å². The highest BCUT2D eigenvalue weighted by atomic mass is 15.1. The molecule has 1 aromatic heterocycles. The summed E-state index contributed by atoms with van der Waals surface area (Å²) in [5.74, 6) is 0.998. The monoisotopic (exact) mass is 592 g/mol. The van der Waals surface area contributed by atoms with Crippen molar-refractivity contribution in [2.75, 3.05) is 0 Å². The molecule has 222 valence electrons. The maximum absolute atomic E-state index is 4.96. The van der Waals surface area contributed by atoms with E-state index in [9.17, 15) is 0 Å². The molecular weight excluding hydrogens is 556 g/mol. The molecule has 1 heterocycles. The first-order chi connectivity index (χ1) is 22.2. The van der Waals surface area contributed by atoms with E-state index in [0.717, 1.165) is 22.5 Å². The van der Waals surface area contributed by atoms with Crippen molar-refractivity contribution < 1.29 is 0 Å². The van der Waals surface area contributed by atoms with E-state index in [1.165, 1.54) is 66.8 Å². The number of para-hydroxylation sites is 1. The van der Waals surface area contributed by atoms with Gasteiger partial charge in [-0.2, -0.15) is 0 Å². The molecule has 0 unspecified atom stereocenters. The van der Waals surface area contributed by atoms with Crippen molar-refractivity contribution in [1.29, 1.82) is 0 Å². The van der Waals surface area contributed by atoms with E-state index in [4.69, 9.17) is 4.98 Å². The van der Waals surface area contributed by atoms with Gasteiger partial charge < -0.3 is 0 Å². The Balaban J connectivity index is 1.13. The molecule has 0 amide bonds. The lowest BCUT2D eigenvalue weighted by molar-refractivity contribution is 0.652. The molecule has 2 nitrogen and oxygen atoms in total. The Morgan fingerprint density at radius 3 is 1.52 bits per heavy atom. The molecule has 0 fully saturated rings. The van der Waals surface area contributed by atoms with Gasteiger partial charge >= 0.3 is 0 Å². The average molecular weight is 593 g/mol. The first-order valence-electron chi connectivity index (χ1n) is 16.3. The second kappa shape index (κ2) is 9.40. The van der Waals surface area contributed by atoms with E-state index in [1.807, 2.05) is 0 Å². The van der Waals surface area contributed by atoms with Gasteiger partial charge in [-0.3, -0.25) is 4.57 Å². The fourth-order valence-corrected chi connectivity index (χ4v) is 8.24. The summed E-state index contributed by atoms with van der Waals surface area (Å²) in [7, 11) is 0. The van der Waals surface area contributed by atoms with E-state index in [0.29, 0.717) is 0 Å². The summed E-state index contributed by atoms with van der Waals surface area (Å²) in [6, 6.07) is 47.1. The standard InChI is InChI=1S/C44H36N2/c1-27-45-41-24-31(18-21-42(41)46(27)32-14-10-7-11-15-32)30-17-20-34-36-26-39-35(25-40(36)44(4,5)38(34)23-30)33-19-16-29(22-37(33)43(39,2)3)28-12-8-6-9-13-28/h6-26H,1-5H3. The van der Waals surface area contributed by atoms with Crippen LogP contribution < -0.4 is 0 Å². The van der Waals surface area contributed by atoms with E-state index in [2.05, 4.69) is 167 Å². The summed E-state index contributed by atoms with van der Waals surface area (Å²) in [6.07, 6.45) is 0. The number of rotatable bonds is 3. The fourth-order valence-electron chi connectivity index (χ4n) is 8.24. The summed E-state index contributed by atoms with van der Waals surface area (Å²) in [5.41, 5.74) is 19.2. The Labute approximate surface area is 271 Å². The van der Waals surface area contributed by atoms with Crippen LogP contribution in [0.5, 0.6) is 0 Å². The Morgan fingerprint density at radius 2 is 0.935 bits per heavy atom. The lowest BCUT2D eigenvalue weighted by Crippen LogP contribution is -2.17. The van der Waals surface area contributed by atoms with Crippen LogP contribution in [-0.2, 0) is 10.8 Å². The minimum Gasteiger partial charge on any atom is -0.297 e. The van der Waals surface area contributed by atoms with Gasteiger partial charge in [0, 0.05) is 16.5 Å². The van der Waals surface area contributed by atoms with Crippen molar-refractivity contribution >= 4 is 11.0 Å².